The Morgan fingerprint density at radius 3 is 2.36 bits per heavy atom. The maximum Gasteiger partial charge on any atom is 0.412 e. The van der Waals surface area contributed by atoms with E-state index in [-0.39, 0.29) is 25.0 Å². The van der Waals surface area contributed by atoms with Gasteiger partial charge in [0.1, 0.15) is 5.78 Å². The second-order valence-electron chi connectivity index (χ2n) is 2.96. The highest BCUT2D eigenvalue weighted by Crippen LogP contribution is 2.28. The molecule has 0 unspecified atom stereocenters. The fourth-order valence-electron chi connectivity index (χ4n) is 0.920. The van der Waals surface area contributed by atoms with Gasteiger partial charge >= 0.3 is 6.18 Å². The van der Waals surface area contributed by atoms with Gasteiger partial charge in [-0.25, -0.2) is 0 Å². The van der Waals surface area contributed by atoms with Crippen molar-refractivity contribution in [3.63, 3.8) is 0 Å². The minimum absolute atomic E-state index is 0.110. The fourth-order valence-corrected chi connectivity index (χ4v) is 0.920. The van der Waals surface area contributed by atoms with Gasteiger partial charge < -0.3 is 4.79 Å². The molecule has 0 rings (SSSR count). The standard InChI is InChI=1S/C10H13F3O/c1-3-5-9(10(11,12)13)7-4-6-8(2)14/h3,7H,1,4-6H2,2H3. The number of hydrogen-bond donors (Lipinski definition) is 0. The molecule has 0 heterocycles. The molecule has 0 radical (unpaired) electrons. The van der Waals surface area contributed by atoms with E-state index in [2.05, 4.69) is 6.58 Å². The van der Waals surface area contributed by atoms with Gasteiger partial charge in [-0.1, -0.05) is 12.2 Å². The molecule has 0 fully saturated rings. The maximum absolute atomic E-state index is 12.2. The van der Waals surface area contributed by atoms with Crippen molar-refractivity contribution in [3.05, 3.63) is 24.3 Å². The first kappa shape index (κ1) is 12.9. The van der Waals surface area contributed by atoms with Crippen LogP contribution in [0, 0.1) is 0 Å². The first-order valence-corrected chi connectivity index (χ1v) is 4.24. The number of ketones is 1. The number of alkyl halides is 3. The van der Waals surface area contributed by atoms with Crippen molar-refractivity contribution in [2.24, 2.45) is 0 Å². The van der Waals surface area contributed by atoms with Crippen LogP contribution in [0.5, 0.6) is 0 Å². The summed E-state index contributed by atoms with van der Waals surface area (Å²) in [6.07, 6.45) is -1.97. The molecule has 0 aliphatic heterocycles. The molecule has 0 aliphatic carbocycles. The lowest BCUT2D eigenvalue weighted by atomic mass is 10.1. The van der Waals surface area contributed by atoms with E-state index in [0.29, 0.717) is 0 Å². The molecule has 80 valence electrons. The lowest BCUT2D eigenvalue weighted by molar-refractivity contribution is -0.117. The highest BCUT2D eigenvalue weighted by molar-refractivity contribution is 5.75. The molecule has 0 N–H and O–H groups in total. The number of rotatable bonds is 5. The van der Waals surface area contributed by atoms with E-state index in [1.165, 1.54) is 13.0 Å². The van der Waals surface area contributed by atoms with Crippen molar-refractivity contribution in [1.82, 2.24) is 0 Å². The number of carbonyl (C=O) groups excluding carboxylic acids is 1. The Balaban J connectivity index is 4.33. The highest BCUT2D eigenvalue weighted by Gasteiger charge is 2.31. The summed E-state index contributed by atoms with van der Waals surface area (Å²) in [4.78, 5) is 10.5. The molecule has 0 amide bonds. The SMILES string of the molecule is C=CCC(=CCCC(C)=O)C(F)(F)F. The zero-order chi connectivity index (χ0) is 11.2. The van der Waals surface area contributed by atoms with Crippen molar-refractivity contribution < 1.29 is 18.0 Å². The number of hydrogen-bond acceptors (Lipinski definition) is 1. The zero-order valence-electron chi connectivity index (χ0n) is 8.03. The van der Waals surface area contributed by atoms with E-state index >= 15 is 0 Å². The normalized spacial score (nSPS) is 12.7. The Morgan fingerprint density at radius 2 is 2.00 bits per heavy atom. The average molecular weight is 206 g/mol. The summed E-state index contributed by atoms with van der Waals surface area (Å²) in [5.74, 6) is -0.110. The summed E-state index contributed by atoms with van der Waals surface area (Å²) in [7, 11) is 0. The molecule has 4 heteroatoms. The molecule has 0 aromatic rings. The third kappa shape index (κ3) is 5.56. The summed E-state index contributed by atoms with van der Waals surface area (Å²) in [6.45, 7) is 4.61. The Morgan fingerprint density at radius 1 is 1.43 bits per heavy atom. The van der Waals surface area contributed by atoms with Crippen LogP contribution in [-0.4, -0.2) is 12.0 Å². The quantitative estimate of drug-likeness (QED) is 0.630. The molecule has 0 aliphatic rings. The summed E-state index contributed by atoms with van der Waals surface area (Å²) in [5, 5.41) is 0. The number of halogens is 3. The van der Waals surface area contributed by atoms with Gasteiger partial charge in [-0.15, -0.1) is 6.58 Å². The minimum atomic E-state index is -4.31. The molecule has 0 aromatic heterocycles. The van der Waals surface area contributed by atoms with Gasteiger partial charge in [-0.05, 0) is 19.8 Å². The van der Waals surface area contributed by atoms with Crippen LogP contribution in [0.3, 0.4) is 0 Å². The van der Waals surface area contributed by atoms with Crippen LogP contribution in [0.2, 0.25) is 0 Å². The van der Waals surface area contributed by atoms with Crippen LogP contribution >= 0.6 is 0 Å². The number of carbonyl (C=O) groups is 1. The van der Waals surface area contributed by atoms with E-state index in [1.54, 1.807) is 0 Å². The Bertz CT molecular complexity index is 238. The second-order valence-corrected chi connectivity index (χ2v) is 2.96. The lowest BCUT2D eigenvalue weighted by Gasteiger charge is -2.09. The molecular weight excluding hydrogens is 193 g/mol. The Kier molecular flexibility index (Phi) is 5.20. The van der Waals surface area contributed by atoms with Gasteiger partial charge in [0.05, 0.1) is 0 Å². The Labute approximate surface area is 81.3 Å². The maximum atomic E-state index is 12.2. The molecule has 0 saturated heterocycles. The largest absolute Gasteiger partial charge is 0.412 e. The summed E-state index contributed by atoms with van der Waals surface area (Å²) in [5.41, 5.74) is -0.631. The number of allylic oxidation sites excluding steroid dienone is 3. The molecule has 0 aromatic carbocycles. The van der Waals surface area contributed by atoms with Crippen LogP contribution in [-0.2, 0) is 4.79 Å². The highest BCUT2D eigenvalue weighted by atomic mass is 19.4. The summed E-state index contributed by atoms with van der Waals surface area (Å²) < 4.78 is 36.7. The van der Waals surface area contributed by atoms with Gasteiger partial charge in [0, 0.05) is 12.0 Å². The molecular formula is C10H13F3O. The van der Waals surface area contributed by atoms with E-state index in [0.717, 1.165) is 6.08 Å². The molecule has 14 heavy (non-hydrogen) atoms. The van der Waals surface area contributed by atoms with Crippen molar-refractivity contribution in [2.75, 3.05) is 0 Å². The van der Waals surface area contributed by atoms with E-state index in [4.69, 9.17) is 0 Å². The third-order valence-electron chi connectivity index (χ3n) is 1.62. The van der Waals surface area contributed by atoms with E-state index in [1.807, 2.05) is 0 Å². The molecule has 0 atom stereocenters. The first-order valence-electron chi connectivity index (χ1n) is 4.24. The van der Waals surface area contributed by atoms with Crippen LogP contribution in [0.4, 0.5) is 13.2 Å². The minimum Gasteiger partial charge on any atom is -0.300 e. The average Bonchev–Trinajstić information content (AvgIpc) is 2.00. The molecule has 0 saturated carbocycles. The molecule has 0 spiro atoms. The van der Waals surface area contributed by atoms with Crippen LogP contribution in [0.25, 0.3) is 0 Å². The van der Waals surface area contributed by atoms with Crippen LogP contribution in [0.15, 0.2) is 24.3 Å². The van der Waals surface area contributed by atoms with Gasteiger partial charge in [-0.2, -0.15) is 13.2 Å². The molecule has 1 nitrogen and oxygen atoms in total. The fraction of sp³-hybridized carbons (Fsp3) is 0.500. The smallest absolute Gasteiger partial charge is 0.300 e. The van der Waals surface area contributed by atoms with Crippen LogP contribution < -0.4 is 0 Å². The second kappa shape index (κ2) is 5.62. The lowest BCUT2D eigenvalue weighted by Crippen LogP contribution is -2.11. The van der Waals surface area contributed by atoms with Crippen LogP contribution in [0.1, 0.15) is 26.2 Å². The zero-order valence-corrected chi connectivity index (χ0v) is 8.03. The van der Waals surface area contributed by atoms with Gasteiger partial charge in [-0.3, -0.25) is 0 Å². The summed E-state index contributed by atoms with van der Waals surface area (Å²) in [6, 6.07) is 0. The predicted octanol–water partition coefficient (Wildman–Crippen LogP) is 3.42. The number of Topliss-reactive ketones (excluding diaryl/α,β-unsaturated/α-hetero) is 1. The van der Waals surface area contributed by atoms with Crippen molar-refractivity contribution in [2.45, 2.75) is 32.4 Å². The van der Waals surface area contributed by atoms with Gasteiger partial charge in [0.15, 0.2) is 0 Å². The van der Waals surface area contributed by atoms with Crippen molar-refractivity contribution in [1.29, 1.82) is 0 Å². The Hall–Kier alpha value is -1.06. The summed E-state index contributed by atoms with van der Waals surface area (Å²) >= 11 is 0. The topological polar surface area (TPSA) is 17.1 Å². The van der Waals surface area contributed by atoms with Gasteiger partial charge in [0.2, 0.25) is 0 Å². The van der Waals surface area contributed by atoms with E-state index < -0.39 is 11.7 Å². The van der Waals surface area contributed by atoms with Crippen molar-refractivity contribution in [3.8, 4) is 0 Å². The first-order chi connectivity index (χ1) is 6.38. The monoisotopic (exact) mass is 206 g/mol. The molecule has 0 bridgehead atoms. The predicted molar refractivity (Wildman–Crippen MR) is 48.9 cm³/mol. The van der Waals surface area contributed by atoms with Gasteiger partial charge in [0.25, 0.3) is 0 Å². The third-order valence-corrected chi connectivity index (χ3v) is 1.62. The van der Waals surface area contributed by atoms with E-state index in [9.17, 15) is 18.0 Å². The van der Waals surface area contributed by atoms with Crippen molar-refractivity contribution >= 4 is 5.78 Å².